The maximum Gasteiger partial charge on any atom is 0.227 e. The molecule has 4 bridgehead atoms. The van der Waals surface area contributed by atoms with E-state index in [1.807, 2.05) is 0 Å². The molecule has 0 aromatic rings. The summed E-state index contributed by atoms with van der Waals surface area (Å²) in [6.07, 6.45) is 9.27. The molecular formula is C16H26N2O. The predicted molar refractivity (Wildman–Crippen MR) is 74.6 cm³/mol. The molecule has 5 aliphatic rings. The van der Waals surface area contributed by atoms with Crippen LogP contribution in [0.3, 0.4) is 0 Å². The quantitative estimate of drug-likeness (QED) is 0.826. The van der Waals surface area contributed by atoms with Gasteiger partial charge in [0.2, 0.25) is 5.91 Å². The second-order valence-corrected chi connectivity index (χ2v) is 7.73. The molecule has 1 saturated heterocycles. The molecule has 0 aromatic heterocycles. The summed E-state index contributed by atoms with van der Waals surface area (Å²) in [5.74, 6) is 3.43. The van der Waals surface area contributed by atoms with Gasteiger partial charge in [-0.05, 0) is 69.2 Å². The molecular weight excluding hydrogens is 236 g/mol. The topological polar surface area (TPSA) is 32.3 Å². The van der Waals surface area contributed by atoms with Crippen molar-refractivity contribution in [2.24, 2.45) is 23.7 Å². The minimum absolute atomic E-state index is 0.244. The van der Waals surface area contributed by atoms with Crippen LogP contribution in [0.1, 0.15) is 44.9 Å². The number of carbonyl (C=O) groups is 1. The smallest absolute Gasteiger partial charge is 0.227 e. The van der Waals surface area contributed by atoms with Crippen molar-refractivity contribution in [1.82, 2.24) is 10.2 Å². The van der Waals surface area contributed by atoms with Gasteiger partial charge in [0.25, 0.3) is 0 Å². The van der Waals surface area contributed by atoms with Crippen molar-refractivity contribution in [2.75, 3.05) is 20.1 Å². The van der Waals surface area contributed by atoms with Gasteiger partial charge in [-0.2, -0.15) is 0 Å². The maximum atomic E-state index is 12.7. The number of hydrogen-bond donors (Lipinski definition) is 1. The molecule has 1 atom stereocenters. The van der Waals surface area contributed by atoms with E-state index in [2.05, 4.69) is 17.3 Å². The van der Waals surface area contributed by atoms with Crippen molar-refractivity contribution < 1.29 is 4.79 Å². The second-order valence-electron chi connectivity index (χ2n) is 7.73. The fraction of sp³-hybridized carbons (Fsp3) is 0.938. The summed E-state index contributed by atoms with van der Waals surface area (Å²) < 4.78 is 0. The SMILES string of the molecule is CN(C(=O)C1CCNC1)C12CC3CC(CC(C3)C1)C2. The first kappa shape index (κ1) is 12.2. The van der Waals surface area contributed by atoms with Gasteiger partial charge in [0, 0.05) is 19.1 Å². The van der Waals surface area contributed by atoms with E-state index in [0.29, 0.717) is 5.91 Å². The molecule has 1 heterocycles. The average Bonchev–Trinajstić information content (AvgIpc) is 2.89. The zero-order valence-corrected chi connectivity index (χ0v) is 12.0. The first-order valence-corrected chi connectivity index (χ1v) is 8.15. The molecule has 5 rings (SSSR count). The Labute approximate surface area is 116 Å². The monoisotopic (exact) mass is 262 g/mol. The molecule has 3 nitrogen and oxygen atoms in total. The van der Waals surface area contributed by atoms with Gasteiger partial charge in [0.1, 0.15) is 0 Å². The van der Waals surface area contributed by atoms with Crippen molar-refractivity contribution in [3.05, 3.63) is 0 Å². The molecule has 19 heavy (non-hydrogen) atoms. The summed E-state index contributed by atoms with van der Waals surface area (Å²) in [6.45, 7) is 1.92. The lowest BCUT2D eigenvalue weighted by atomic mass is 9.52. The lowest BCUT2D eigenvalue weighted by molar-refractivity contribution is -0.151. The number of nitrogens with one attached hydrogen (secondary N) is 1. The fourth-order valence-electron chi connectivity index (χ4n) is 5.85. The number of amides is 1. The molecule has 1 unspecified atom stereocenters. The molecule has 106 valence electrons. The van der Waals surface area contributed by atoms with E-state index in [-0.39, 0.29) is 11.5 Å². The van der Waals surface area contributed by atoms with Crippen molar-refractivity contribution in [3.63, 3.8) is 0 Å². The van der Waals surface area contributed by atoms with Gasteiger partial charge in [-0.3, -0.25) is 4.79 Å². The van der Waals surface area contributed by atoms with Crippen LogP contribution >= 0.6 is 0 Å². The van der Waals surface area contributed by atoms with E-state index in [4.69, 9.17) is 0 Å². The van der Waals surface area contributed by atoms with Gasteiger partial charge in [0.05, 0.1) is 5.92 Å². The Morgan fingerprint density at radius 3 is 2.16 bits per heavy atom. The third-order valence-corrected chi connectivity index (χ3v) is 6.46. The standard InChI is InChI=1S/C16H26N2O/c1-18(15(19)14-2-3-17-10-14)16-7-11-4-12(8-16)6-13(5-11)9-16/h11-14,17H,2-10H2,1H3. The first-order chi connectivity index (χ1) is 9.16. The van der Waals surface area contributed by atoms with Gasteiger partial charge in [0.15, 0.2) is 0 Å². The molecule has 0 radical (unpaired) electrons. The molecule has 3 heteroatoms. The maximum absolute atomic E-state index is 12.7. The first-order valence-electron chi connectivity index (χ1n) is 8.15. The minimum atomic E-state index is 0.244. The van der Waals surface area contributed by atoms with Crippen LogP contribution in [0.2, 0.25) is 0 Å². The van der Waals surface area contributed by atoms with Crippen LogP contribution in [-0.4, -0.2) is 36.5 Å². The zero-order chi connectivity index (χ0) is 13.0. The highest BCUT2D eigenvalue weighted by molar-refractivity contribution is 5.80. The summed E-state index contributed by atoms with van der Waals surface area (Å²) in [6, 6.07) is 0. The van der Waals surface area contributed by atoms with Gasteiger partial charge < -0.3 is 10.2 Å². The van der Waals surface area contributed by atoms with E-state index in [1.54, 1.807) is 0 Å². The predicted octanol–water partition coefficient (Wildman–Crippen LogP) is 2.02. The van der Waals surface area contributed by atoms with Gasteiger partial charge >= 0.3 is 0 Å². The van der Waals surface area contributed by atoms with E-state index >= 15 is 0 Å². The Hall–Kier alpha value is -0.570. The van der Waals surface area contributed by atoms with E-state index < -0.39 is 0 Å². The number of rotatable bonds is 2. The number of nitrogens with zero attached hydrogens (tertiary/aromatic N) is 1. The highest BCUT2D eigenvalue weighted by atomic mass is 16.2. The largest absolute Gasteiger partial charge is 0.340 e. The van der Waals surface area contributed by atoms with Crippen molar-refractivity contribution in [2.45, 2.75) is 50.5 Å². The second kappa shape index (κ2) is 4.21. The summed E-state index contributed by atoms with van der Waals surface area (Å²) in [7, 11) is 2.10. The van der Waals surface area contributed by atoms with Crippen LogP contribution in [0.25, 0.3) is 0 Å². The van der Waals surface area contributed by atoms with Gasteiger partial charge in [-0.25, -0.2) is 0 Å². The van der Waals surface area contributed by atoms with Crippen molar-refractivity contribution in [1.29, 1.82) is 0 Å². The third kappa shape index (κ3) is 1.84. The van der Waals surface area contributed by atoms with Gasteiger partial charge in [-0.1, -0.05) is 0 Å². The van der Waals surface area contributed by atoms with E-state index in [9.17, 15) is 4.79 Å². The summed E-state index contributed by atoms with van der Waals surface area (Å²) in [4.78, 5) is 15.0. The average molecular weight is 262 g/mol. The van der Waals surface area contributed by atoms with Crippen LogP contribution < -0.4 is 5.32 Å². The fourth-order valence-corrected chi connectivity index (χ4v) is 5.85. The third-order valence-electron chi connectivity index (χ3n) is 6.46. The van der Waals surface area contributed by atoms with Crippen LogP contribution in [0.5, 0.6) is 0 Å². The van der Waals surface area contributed by atoms with Crippen molar-refractivity contribution >= 4 is 5.91 Å². The molecule has 5 fully saturated rings. The number of hydrogen-bond acceptors (Lipinski definition) is 2. The Morgan fingerprint density at radius 1 is 1.11 bits per heavy atom. The van der Waals surface area contributed by atoms with Crippen LogP contribution in [-0.2, 0) is 4.79 Å². The van der Waals surface area contributed by atoms with Crippen LogP contribution in [0.4, 0.5) is 0 Å². The molecule has 1 aliphatic heterocycles. The van der Waals surface area contributed by atoms with E-state index in [1.165, 1.54) is 38.5 Å². The number of carbonyl (C=O) groups excluding carboxylic acids is 1. The Bertz CT molecular complexity index is 351. The minimum Gasteiger partial charge on any atom is -0.340 e. The summed E-state index contributed by atoms with van der Waals surface area (Å²) in [5.41, 5.74) is 0.244. The van der Waals surface area contributed by atoms with Crippen LogP contribution in [0, 0.1) is 23.7 Å². The molecule has 4 saturated carbocycles. The lowest BCUT2D eigenvalue weighted by Gasteiger charge is -2.60. The van der Waals surface area contributed by atoms with Crippen LogP contribution in [0.15, 0.2) is 0 Å². The highest BCUT2D eigenvalue weighted by Gasteiger charge is 2.54. The Kier molecular flexibility index (Phi) is 2.70. The lowest BCUT2D eigenvalue weighted by Crippen LogP contribution is -2.61. The summed E-state index contributed by atoms with van der Waals surface area (Å²) in [5, 5.41) is 3.33. The highest BCUT2D eigenvalue weighted by Crippen LogP contribution is 2.57. The molecule has 4 aliphatic carbocycles. The Morgan fingerprint density at radius 2 is 1.68 bits per heavy atom. The molecule has 0 aromatic carbocycles. The molecule has 1 amide bonds. The molecule has 1 N–H and O–H groups in total. The van der Waals surface area contributed by atoms with Crippen molar-refractivity contribution in [3.8, 4) is 0 Å². The summed E-state index contributed by atoms with van der Waals surface area (Å²) >= 11 is 0. The normalized spacial score (nSPS) is 47.6. The molecule has 0 spiro atoms. The zero-order valence-electron chi connectivity index (χ0n) is 12.0. The van der Waals surface area contributed by atoms with E-state index in [0.717, 1.165) is 37.3 Å². The van der Waals surface area contributed by atoms with Gasteiger partial charge in [-0.15, -0.1) is 0 Å². The Balaban J connectivity index is 1.55.